The van der Waals surface area contributed by atoms with Gasteiger partial charge in [-0.1, -0.05) is 6.07 Å². The molecule has 0 radical (unpaired) electrons. The Kier molecular flexibility index (Phi) is 3.81. The normalized spacial score (nSPS) is 10.2. The Morgan fingerprint density at radius 3 is 2.84 bits per heavy atom. The lowest BCUT2D eigenvalue weighted by Crippen LogP contribution is -2.13. The highest BCUT2D eigenvalue weighted by molar-refractivity contribution is 7.67. The summed E-state index contributed by atoms with van der Waals surface area (Å²) in [5.41, 5.74) is 0.595. The van der Waals surface area contributed by atoms with Crippen molar-refractivity contribution in [3.05, 3.63) is 52.2 Å². The van der Waals surface area contributed by atoms with Gasteiger partial charge in [-0.15, -0.1) is 0 Å². The summed E-state index contributed by atoms with van der Waals surface area (Å²) in [6.45, 7) is 2.12. The van der Waals surface area contributed by atoms with E-state index in [1.165, 1.54) is 10.8 Å². The van der Waals surface area contributed by atoms with Crippen LogP contribution in [0.25, 0.3) is 0 Å². The van der Waals surface area contributed by atoms with Gasteiger partial charge in [-0.05, 0) is 17.9 Å². The van der Waals surface area contributed by atoms with Crippen molar-refractivity contribution in [1.82, 2.24) is 14.5 Å². The van der Waals surface area contributed by atoms with Gasteiger partial charge in [0.25, 0.3) is 0 Å². The topological polar surface area (TPSA) is 90.9 Å². The Bertz CT molecular complexity index is 662. The van der Waals surface area contributed by atoms with Crippen molar-refractivity contribution in [2.24, 2.45) is 0 Å². The summed E-state index contributed by atoms with van der Waals surface area (Å²) in [7, 11) is 0. The molecule has 0 atom stereocenters. The molecule has 2 rings (SSSR count). The largest absolute Gasteiger partial charge is 0.358 e. The highest BCUT2D eigenvalue weighted by Gasteiger charge is 2.23. The molecular formula is C11H10N4O3S. The molecule has 7 nitrogen and oxygen atoms in total. The molecule has 98 valence electrons. The number of nitro groups is 1. The van der Waals surface area contributed by atoms with Crippen molar-refractivity contribution in [2.45, 2.75) is 13.5 Å². The first-order valence-corrected chi connectivity index (χ1v) is 6.20. The van der Waals surface area contributed by atoms with E-state index in [1.807, 2.05) is 0 Å². The summed E-state index contributed by atoms with van der Waals surface area (Å²) in [6, 6.07) is 3.41. The molecule has 0 fully saturated rings. The molecule has 0 aliphatic rings. The Labute approximate surface area is 112 Å². The van der Waals surface area contributed by atoms with Gasteiger partial charge in [0.2, 0.25) is 5.82 Å². The first-order valence-electron chi connectivity index (χ1n) is 5.46. The van der Waals surface area contributed by atoms with Crippen LogP contribution in [0.15, 0.2) is 30.7 Å². The third-order valence-corrected chi connectivity index (χ3v) is 3.13. The van der Waals surface area contributed by atoms with Crippen LogP contribution in [0, 0.1) is 10.1 Å². The summed E-state index contributed by atoms with van der Waals surface area (Å²) in [6.07, 6.45) is 4.28. The third-order valence-electron chi connectivity index (χ3n) is 2.55. The lowest BCUT2D eigenvalue weighted by molar-refractivity contribution is -0.392. The number of hydrogen-bond acceptors (Lipinski definition) is 5. The van der Waals surface area contributed by atoms with Crippen LogP contribution in [-0.2, 0) is 17.8 Å². The second kappa shape index (κ2) is 5.53. The van der Waals surface area contributed by atoms with E-state index in [0.717, 1.165) is 6.20 Å². The van der Waals surface area contributed by atoms with Crippen LogP contribution in [-0.4, -0.2) is 28.5 Å². The van der Waals surface area contributed by atoms with Crippen molar-refractivity contribution in [3.63, 3.8) is 0 Å². The lowest BCUT2D eigenvalue weighted by atomic mass is 10.2. The number of imidazole rings is 1. The van der Waals surface area contributed by atoms with Gasteiger partial charge in [-0.25, -0.2) is 13.8 Å². The molecule has 0 unspecified atom stereocenters. The van der Waals surface area contributed by atoms with Crippen LogP contribution >= 0.6 is 0 Å². The van der Waals surface area contributed by atoms with Crippen molar-refractivity contribution < 1.29 is 9.13 Å². The zero-order valence-electron chi connectivity index (χ0n) is 10.0. The number of pyridine rings is 1. The van der Waals surface area contributed by atoms with Crippen molar-refractivity contribution in [3.8, 4) is 0 Å². The molecule has 0 N–H and O–H groups in total. The van der Waals surface area contributed by atoms with Gasteiger partial charge in [0.15, 0.2) is 0 Å². The van der Waals surface area contributed by atoms with E-state index < -0.39 is 4.92 Å². The maximum atomic E-state index is 11.3. The molecule has 0 saturated carbocycles. The van der Waals surface area contributed by atoms with Crippen LogP contribution in [0.2, 0.25) is 0 Å². The maximum Gasteiger partial charge on any atom is 0.343 e. The zero-order valence-corrected chi connectivity index (χ0v) is 10.8. The quantitative estimate of drug-likeness (QED) is 0.360. The van der Waals surface area contributed by atoms with E-state index in [2.05, 4.69) is 9.97 Å². The van der Waals surface area contributed by atoms with Crippen LogP contribution in [0.3, 0.4) is 0 Å². The summed E-state index contributed by atoms with van der Waals surface area (Å²) in [4.78, 5) is 18.6. The summed E-state index contributed by atoms with van der Waals surface area (Å²) in [5, 5.41) is 10.9. The smallest absolute Gasteiger partial charge is 0.343 e. The third kappa shape index (κ3) is 2.43. The van der Waals surface area contributed by atoms with Crippen molar-refractivity contribution >= 4 is 21.9 Å². The molecule has 19 heavy (non-hydrogen) atoms. The van der Waals surface area contributed by atoms with E-state index in [-0.39, 0.29) is 17.1 Å². The minimum absolute atomic E-state index is 0.132. The molecule has 8 heteroatoms. The first-order chi connectivity index (χ1) is 9.19. The van der Waals surface area contributed by atoms with E-state index >= 15 is 0 Å². The second-order valence-electron chi connectivity index (χ2n) is 3.60. The van der Waals surface area contributed by atoms with E-state index in [9.17, 15) is 14.3 Å². The van der Waals surface area contributed by atoms with Crippen LogP contribution in [0.1, 0.15) is 18.3 Å². The van der Waals surface area contributed by atoms with Gasteiger partial charge in [-0.2, -0.15) is 0 Å². The minimum Gasteiger partial charge on any atom is -0.358 e. The Morgan fingerprint density at radius 2 is 2.32 bits per heavy atom. The van der Waals surface area contributed by atoms with Gasteiger partial charge in [0, 0.05) is 18.0 Å². The summed E-state index contributed by atoms with van der Waals surface area (Å²) >= 11 is 0.251. The number of hydrogen-bond donors (Lipinski definition) is 0. The first kappa shape index (κ1) is 13.1. The second-order valence-corrected chi connectivity index (χ2v) is 4.17. The van der Waals surface area contributed by atoms with E-state index in [1.54, 1.807) is 25.3 Å². The number of nitrogens with zero attached hydrogens (tertiary/aromatic N) is 4. The van der Waals surface area contributed by atoms with Gasteiger partial charge in [0.1, 0.15) is 22.3 Å². The maximum absolute atomic E-state index is 11.3. The van der Waals surface area contributed by atoms with E-state index in [4.69, 9.17) is 0 Å². The SMILES string of the molecule is CCn1c([N+](=O)[O-])cnc1C(=S=O)c1cccnc1. The van der Waals surface area contributed by atoms with Crippen molar-refractivity contribution in [1.29, 1.82) is 0 Å². The molecule has 0 aliphatic carbocycles. The Hall–Kier alpha value is -2.35. The fraction of sp³-hybridized carbons (Fsp3) is 0.182. The highest BCUT2D eigenvalue weighted by atomic mass is 32.1. The zero-order chi connectivity index (χ0) is 13.8. The van der Waals surface area contributed by atoms with Crippen LogP contribution in [0.4, 0.5) is 5.82 Å². The van der Waals surface area contributed by atoms with Crippen LogP contribution in [0.5, 0.6) is 0 Å². The molecule has 2 aromatic heterocycles. The molecule has 2 aromatic rings. The average molecular weight is 278 g/mol. The fourth-order valence-corrected chi connectivity index (χ4v) is 2.17. The highest BCUT2D eigenvalue weighted by Crippen LogP contribution is 2.16. The van der Waals surface area contributed by atoms with Gasteiger partial charge in [0.05, 0.1) is 6.54 Å². The number of rotatable bonds is 4. The summed E-state index contributed by atoms with van der Waals surface area (Å²) in [5.74, 6) is 0.162. The predicted molar refractivity (Wildman–Crippen MR) is 70.1 cm³/mol. The molecule has 0 saturated heterocycles. The Balaban J connectivity index is 2.58. The van der Waals surface area contributed by atoms with Crippen molar-refractivity contribution in [2.75, 3.05) is 0 Å². The molecule has 0 amide bonds. The standard InChI is InChI=1S/C11H10N4O3S/c1-2-14-9(15(16)17)7-13-11(14)10(19-18)8-4-3-5-12-6-8/h3-7H,2H2,1H3. The fourth-order valence-electron chi connectivity index (χ4n) is 1.72. The lowest BCUT2D eigenvalue weighted by Gasteiger charge is -2.02. The molecular weight excluding hydrogens is 268 g/mol. The minimum atomic E-state index is -0.518. The molecule has 0 aromatic carbocycles. The average Bonchev–Trinajstić information content (AvgIpc) is 2.85. The van der Waals surface area contributed by atoms with Gasteiger partial charge < -0.3 is 10.1 Å². The Morgan fingerprint density at radius 1 is 1.53 bits per heavy atom. The monoisotopic (exact) mass is 278 g/mol. The molecule has 2 heterocycles. The van der Waals surface area contributed by atoms with E-state index in [0.29, 0.717) is 22.8 Å². The molecule has 0 bridgehead atoms. The number of aromatic nitrogens is 3. The molecule has 0 aliphatic heterocycles. The van der Waals surface area contributed by atoms with Gasteiger partial charge >= 0.3 is 5.82 Å². The predicted octanol–water partition coefficient (Wildman–Crippen LogP) is 0.988. The molecule has 0 spiro atoms. The summed E-state index contributed by atoms with van der Waals surface area (Å²) < 4.78 is 12.7. The van der Waals surface area contributed by atoms with Gasteiger partial charge in [-0.3, -0.25) is 4.98 Å². The van der Waals surface area contributed by atoms with Crippen LogP contribution < -0.4 is 0 Å².